The molecule has 0 spiro atoms. The van der Waals surface area contributed by atoms with Crippen LogP contribution in [0.15, 0.2) is 66.2 Å². The van der Waals surface area contributed by atoms with Crippen molar-refractivity contribution >= 4 is 11.6 Å². The maximum absolute atomic E-state index is 13.8. The Morgan fingerprint density at radius 1 is 1.03 bits per heavy atom. The Morgan fingerprint density at radius 3 is 2.46 bits per heavy atom. The van der Waals surface area contributed by atoms with Gasteiger partial charge >= 0.3 is 0 Å². The highest BCUT2D eigenvalue weighted by molar-refractivity contribution is 5.82. The number of piperazine rings is 1. The van der Waals surface area contributed by atoms with Crippen LogP contribution < -0.4 is 9.64 Å². The van der Waals surface area contributed by atoms with Crippen LogP contribution in [0.5, 0.6) is 5.75 Å². The second-order valence-electron chi connectivity index (χ2n) is 11.9. The average Bonchev–Trinajstić information content (AvgIpc) is 3.42. The first-order chi connectivity index (χ1) is 18.8. The van der Waals surface area contributed by atoms with E-state index in [1.165, 1.54) is 11.3 Å². The SMILES string of the molecule is CC(C)=CCN(c1ccc(OCc2ccccc2)cc1)C1CCN(C(=O)C2CN(C)CCN2CCC(C)C)C1. The normalized spacial score (nSPS) is 20.3. The number of benzene rings is 2. The first kappa shape index (κ1) is 29.2. The van der Waals surface area contributed by atoms with Crippen LogP contribution in [0.1, 0.15) is 46.1 Å². The van der Waals surface area contributed by atoms with Crippen molar-refractivity contribution in [1.82, 2.24) is 14.7 Å². The van der Waals surface area contributed by atoms with Crippen molar-refractivity contribution in [1.29, 1.82) is 0 Å². The number of ether oxygens (including phenoxy) is 1. The fraction of sp³-hybridized carbons (Fsp3) is 0.545. The smallest absolute Gasteiger partial charge is 0.241 e. The summed E-state index contributed by atoms with van der Waals surface area (Å²) < 4.78 is 6.03. The molecule has 1 amide bonds. The average molecular weight is 533 g/mol. The van der Waals surface area contributed by atoms with Crippen molar-refractivity contribution in [3.05, 3.63) is 71.8 Å². The van der Waals surface area contributed by atoms with Crippen LogP contribution in [0.4, 0.5) is 5.69 Å². The summed E-state index contributed by atoms with van der Waals surface area (Å²) in [6.45, 7) is 15.7. The molecule has 2 aliphatic rings. The lowest BCUT2D eigenvalue weighted by Crippen LogP contribution is -2.59. The summed E-state index contributed by atoms with van der Waals surface area (Å²) in [5, 5.41) is 0. The van der Waals surface area contributed by atoms with Crippen molar-refractivity contribution in [3.63, 3.8) is 0 Å². The van der Waals surface area contributed by atoms with Gasteiger partial charge in [0.05, 0.1) is 0 Å². The Bertz CT molecular complexity index is 1060. The Labute approximate surface area is 236 Å². The summed E-state index contributed by atoms with van der Waals surface area (Å²) in [4.78, 5) is 23.2. The number of hydrogen-bond donors (Lipinski definition) is 0. The largest absolute Gasteiger partial charge is 0.489 e. The fourth-order valence-electron chi connectivity index (χ4n) is 5.51. The van der Waals surface area contributed by atoms with Crippen LogP contribution in [0, 0.1) is 5.92 Å². The third-order valence-corrected chi connectivity index (χ3v) is 8.00. The Kier molecular flexibility index (Phi) is 10.5. The quantitative estimate of drug-likeness (QED) is 0.367. The Balaban J connectivity index is 1.42. The highest BCUT2D eigenvalue weighted by Crippen LogP contribution is 2.27. The van der Waals surface area contributed by atoms with Crippen molar-refractivity contribution in [3.8, 4) is 5.75 Å². The molecule has 2 fully saturated rings. The standard InChI is InChI=1S/C33H48N4O2/c1-26(2)15-18-35-22-21-34(5)24-32(35)33(38)36-19-17-30(23-36)37(20-16-27(3)4)29-11-13-31(14-12-29)39-25-28-9-7-6-8-10-28/h6-14,16,26,30,32H,15,17-25H2,1-5H3. The molecule has 39 heavy (non-hydrogen) atoms. The van der Waals surface area contributed by atoms with Gasteiger partial charge in [0.15, 0.2) is 0 Å². The minimum Gasteiger partial charge on any atom is -0.489 e. The number of amides is 1. The lowest BCUT2D eigenvalue weighted by atomic mass is 10.1. The molecule has 0 saturated carbocycles. The maximum Gasteiger partial charge on any atom is 0.241 e. The molecule has 4 rings (SSSR count). The summed E-state index contributed by atoms with van der Waals surface area (Å²) in [6.07, 6.45) is 4.41. The number of carbonyl (C=O) groups is 1. The molecule has 6 nitrogen and oxygen atoms in total. The molecule has 6 heteroatoms. The van der Waals surface area contributed by atoms with E-state index in [-0.39, 0.29) is 6.04 Å². The molecule has 0 N–H and O–H groups in total. The number of anilines is 1. The minimum atomic E-state index is -0.0338. The number of allylic oxidation sites excluding steroid dienone is 1. The van der Waals surface area contributed by atoms with Gasteiger partial charge in [0.25, 0.3) is 0 Å². The molecule has 2 aromatic carbocycles. The number of rotatable bonds is 11. The topological polar surface area (TPSA) is 39.3 Å². The second kappa shape index (κ2) is 14.0. The summed E-state index contributed by atoms with van der Waals surface area (Å²) >= 11 is 0. The fourth-order valence-corrected chi connectivity index (χ4v) is 5.51. The van der Waals surface area contributed by atoms with E-state index in [4.69, 9.17) is 4.74 Å². The lowest BCUT2D eigenvalue weighted by Gasteiger charge is -2.41. The number of carbonyl (C=O) groups excluding carboxylic acids is 1. The summed E-state index contributed by atoms with van der Waals surface area (Å²) in [6, 6.07) is 19.0. The molecule has 2 aromatic rings. The predicted molar refractivity (Wildman–Crippen MR) is 161 cm³/mol. The Hall–Kier alpha value is -2.83. The van der Waals surface area contributed by atoms with E-state index >= 15 is 0 Å². The van der Waals surface area contributed by atoms with E-state index in [2.05, 4.69) is 96.8 Å². The van der Waals surface area contributed by atoms with Gasteiger partial charge in [0.2, 0.25) is 5.91 Å². The Morgan fingerprint density at radius 2 is 1.77 bits per heavy atom. The van der Waals surface area contributed by atoms with Crippen molar-refractivity contribution < 1.29 is 9.53 Å². The predicted octanol–water partition coefficient (Wildman–Crippen LogP) is 5.30. The van der Waals surface area contributed by atoms with Gasteiger partial charge in [-0.05, 0) is 76.0 Å². The van der Waals surface area contributed by atoms with Crippen LogP contribution in [-0.4, -0.2) is 85.6 Å². The second-order valence-corrected chi connectivity index (χ2v) is 11.9. The summed E-state index contributed by atoms with van der Waals surface area (Å²) in [5.41, 5.74) is 3.64. The number of hydrogen-bond acceptors (Lipinski definition) is 5. The minimum absolute atomic E-state index is 0.0338. The van der Waals surface area contributed by atoms with Crippen molar-refractivity contribution in [2.24, 2.45) is 5.92 Å². The summed E-state index contributed by atoms with van der Waals surface area (Å²) in [5.74, 6) is 1.82. The van der Waals surface area contributed by atoms with Crippen LogP contribution in [0.25, 0.3) is 0 Å². The van der Waals surface area contributed by atoms with Gasteiger partial charge in [-0.15, -0.1) is 0 Å². The molecular weight excluding hydrogens is 484 g/mol. The zero-order valence-electron chi connectivity index (χ0n) is 24.7. The molecule has 0 aliphatic carbocycles. The molecule has 2 heterocycles. The van der Waals surface area contributed by atoms with Crippen molar-refractivity contribution in [2.45, 2.75) is 59.2 Å². The zero-order chi connectivity index (χ0) is 27.8. The third kappa shape index (κ3) is 8.33. The van der Waals surface area contributed by atoms with Gasteiger partial charge < -0.3 is 19.4 Å². The first-order valence-corrected chi connectivity index (χ1v) is 14.7. The van der Waals surface area contributed by atoms with Gasteiger partial charge in [-0.2, -0.15) is 0 Å². The van der Waals surface area contributed by atoms with E-state index in [0.29, 0.717) is 24.5 Å². The molecule has 0 aromatic heterocycles. The van der Waals surface area contributed by atoms with E-state index < -0.39 is 0 Å². The molecule has 0 bridgehead atoms. The van der Waals surface area contributed by atoms with Gasteiger partial charge in [-0.1, -0.05) is 55.8 Å². The zero-order valence-corrected chi connectivity index (χ0v) is 24.7. The monoisotopic (exact) mass is 532 g/mol. The van der Waals surface area contributed by atoms with Gasteiger partial charge in [-0.25, -0.2) is 0 Å². The van der Waals surface area contributed by atoms with E-state index in [1.807, 2.05) is 18.2 Å². The molecule has 2 saturated heterocycles. The van der Waals surface area contributed by atoms with Crippen LogP contribution in [0.3, 0.4) is 0 Å². The maximum atomic E-state index is 13.8. The lowest BCUT2D eigenvalue weighted by molar-refractivity contribution is -0.138. The highest BCUT2D eigenvalue weighted by atomic mass is 16.5. The van der Waals surface area contributed by atoms with E-state index in [9.17, 15) is 4.79 Å². The van der Waals surface area contributed by atoms with E-state index in [0.717, 1.165) is 70.0 Å². The van der Waals surface area contributed by atoms with Gasteiger partial charge in [0, 0.05) is 51.0 Å². The molecule has 0 radical (unpaired) electrons. The van der Waals surface area contributed by atoms with Crippen LogP contribution >= 0.6 is 0 Å². The van der Waals surface area contributed by atoms with Gasteiger partial charge in [0.1, 0.15) is 18.4 Å². The number of likely N-dealkylation sites (N-methyl/N-ethyl adjacent to an activating group) is 1. The van der Waals surface area contributed by atoms with Crippen molar-refractivity contribution in [2.75, 3.05) is 57.8 Å². The number of likely N-dealkylation sites (tertiary alicyclic amines) is 1. The number of nitrogens with zero attached hydrogens (tertiary/aromatic N) is 4. The third-order valence-electron chi connectivity index (χ3n) is 8.00. The molecule has 2 aliphatic heterocycles. The highest BCUT2D eigenvalue weighted by Gasteiger charge is 2.38. The summed E-state index contributed by atoms with van der Waals surface area (Å²) in [7, 11) is 2.14. The van der Waals surface area contributed by atoms with Crippen LogP contribution in [0.2, 0.25) is 0 Å². The molecular formula is C33H48N4O2. The van der Waals surface area contributed by atoms with E-state index in [1.54, 1.807) is 0 Å². The van der Waals surface area contributed by atoms with Gasteiger partial charge in [-0.3, -0.25) is 9.69 Å². The first-order valence-electron chi connectivity index (χ1n) is 14.7. The van der Waals surface area contributed by atoms with Crippen LogP contribution in [-0.2, 0) is 11.4 Å². The molecule has 2 atom stereocenters. The molecule has 2 unspecified atom stereocenters. The molecule has 212 valence electrons.